The summed E-state index contributed by atoms with van der Waals surface area (Å²) in [4.78, 5) is 23.5. The predicted molar refractivity (Wildman–Crippen MR) is 77.2 cm³/mol. The zero-order valence-electron chi connectivity index (χ0n) is 11.6. The van der Waals surface area contributed by atoms with E-state index in [1.165, 1.54) is 0 Å². The van der Waals surface area contributed by atoms with Gasteiger partial charge in [-0.2, -0.15) is 16.9 Å². The molecule has 0 bridgehead atoms. The van der Waals surface area contributed by atoms with E-state index in [9.17, 15) is 9.59 Å². The molecule has 0 saturated heterocycles. The first kappa shape index (κ1) is 14.9. The maximum Gasteiger partial charge on any atom is 0.326 e. The third-order valence-corrected chi connectivity index (χ3v) is 4.02. The topological polar surface area (TPSA) is 95.1 Å². The molecule has 1 aliphatic rings. The molecule has 3 N–H and O–H groups in total. The summed E-state index contributed by atoms with van der Waals surface area (Å²) in [6.45, 7) is 1.78. The average Bonchev–Trinajstić information content (AvgIpc) is 3.17. The van der Waals surface area contributed by atoms with Crippen LogP contribution in [0.1, 0.15) is 46.9 Å². The average molecular weight is 297 g/mol. The number of nitrogens with zero attached hydrogens (tertiary/aromatic N) is 1. The molecule has 20 heavy (non-hydrogen) atoms. The smallest absolute Gasteiger partial charge is 0.326 e. The van der Waals surface area contributed by atoms with E-state index in [0.29, 0.717) is 29.3 Å². The standard InChI is InChI=1S/C13H19N3O3S/c1-7-10(11(16-15-7)8-3-4-8)12(17)14-9(13(18)19)5-6-20-2/h8-9H,3-6H2,1-2H3,(H,14,17)(H,15,16)(H,18,19). The number of carboxylic acids is 1. The fourth-order valence-electron chi connectivity index (χ4n) is 2.11. The van der Waals surface area contributed by atoms with Gasteiger partial charge in [0.25, 0.3) is 5.91 Å². The molecule has 110 valence electrons. The van der Waals surface area contributed by atoms with Crippen LogP contribution in [0, 0.1) is 6.92 Å². The number of amides is 1. The van der Waals surface area contributed by atoms with Crippen molar-refractivity contribution in [3.05, 3.63) is 17.0 Å². The Balaban J connectivity index is 2.10. The van der Waals surface area contributed by atoms with Crippen LogP contribution in [0.3, 0.4) is 0 Å². The van der Waals surface area contributed by atoms with Crippen molar-refractivity contribution in [2.75, 3.05) is 12.0 Å². The highest BCUT2D eigenvalue weighted by molar-refractivity contribution is 7.98. The zero-order chi connectivity index (χ0) is 14.7. The number of aromatic amines is 1. The molecule has 1 unspecified atom stereocenters. The number of carbonyl (C=O) groups excluding carboxylic acids is 1. The predicted octanol–water partition coefficient (Wildman–Crippen LogP) is 1.53. The molecule has 1 amide bonds. The fraction of sp³-hybridized carbons (Fsp3) is 0.615. The third kappa shape index (κ3) is 3.33. The molecule has 6 nitrogen and oxygen atoms in total. The molecule has 0 aliphatic heterocycles. The van der Waals surface area contributed by atoms with E-state index in [4.69, 9.17) is 5.11 Å². The maximum atomic E-state index is 12.3. The summed E-state index contributed by atoms with van der Waals surface area (Å²) in [6, 6.07) is -0.851. The van der Waals surface area contributed by atoms with Gasteiger partial charge in [-0.15, -0.1) is 0 Å². The summed E-state index contributed by atoms with van der Waals surface area (Å²) >= 11 is 1.56. The van der Waals surface area contributed by atoms with Gasteiger partial charge in [-0.1, -0.05) is 0 Å². The minimum Gasteiger partial charge on any atom is -0.480 e. The van der Waals surface area contributed by atoms with Crippen LogP contribution in [0.2, 0.25) is 0 Å². The first-order valence-corrected chi connectivity index (χ1v) is 8.01. The second kappa shape index (κ2) is 6.30. The van der Waals surface area contributed by atoms with Crippen molar-refractivity contribution in [2.24, 2.45) is 0 Å². The Morgan fingerprint density at radius 3 is 2.80 bits per heavy atom. The van der Waals surface area contributed by atoms with E-state index < -0.39 is 12.0 Å². The molecule has 0 spiro atoms. The molecule has 7 heteroatoms. The Hall–Kier alpha value is -1.50. The number of thioether (sulfide) groups is 1. The van der Waals surface area contributed by atoms with E-state index in [1.54, 1.807) is 18.7 Å². The number of aliphatic carboxylic acids is 1. The van der Waals surface area contributed by atoms with Gasteiger partial charge >= 0.3 is 5.97 Å². The van der Waals surface area contributed by atoms with Gasteiger partial charge in [-0.05, 0) is 38.2 Å². The van der Waals surface area contributed by atoms with E-state index in [1.807, 2.05) is 6.26 Å². The summed E-state index contributed by atoms with van der Waals surface area (Å²) < 4.78 is 0. The van der Waals surface area contributed by atoms with Gasteiger partial charge in [0.2, 0.25) is 0 Å². The lowest BCUT2D eigenvalue weighted by atomic mass is 10.1. The van der Waals surface area contributed by atoms with Crippen LogP contribution in [0.15, 0.2) is 0 Å². The van der Waals surface area contributed by atoms with Gasteiger partial charge in [0.15, 0.2) is 0 Å². The van der Waals surface area contributed by atoms with Crippen LogP contribution >= 0.6 is 11.8 Å². The molecule has 1 aliphatic carbocycles. The molecule has 1 atom stereocenters. The Morgan fingerprint density at radius 2 is 2.25 bits per heavy atom. The minimum absolute atomic E-state index is 0.341. The van der Waals surface area contributed by atoms with E-state index in [2.05, 4.69) is 15.5 Å². The minimum atomic E-state index is -0.999. The molecule has 0 radical (unpaired) electrons. The molecular weight excluding hydrogens is 278 g/mol. The van der Waals surface area contributed by atoms with Gasteiger partial charge in [0, 0.05) is 11.6 Å². The van der Waals surface area contributed by atoms with Crippen LogP contribution in [-0.2, 0) is 4.79 Å². The molecule has 2 rings (SSSR count). The van der Waals surface area contributed by atoms with Gasteiger partial charge in [-0.25, -0.2) is 4.79 Å². The van der Waals surface area contributed by atoms with Crippen molar-refractivity contribution in [2.45, 2.75) is 38.1 Å². The summed E-state index contributed by atoms with van der Waals surface area (Å²) in [5.41, 5.74) is 1.98. The molecule has 1 aromatic rings. The summed E-state index contributed by atoms with van der Waals surface area (Å²) in [6.07, 6.45) is 4.41. The largest absolute Gasteiger partial charge is 0.480 e. The Kier molecular flexibility index (Phi) is 4.69. The number of aromatic nitrogens is 2. The van der Waals surface area contributed by atoms with Crippen molar-refractivity contribution >= 4 is 23.6 Å². The lowest BCUT2D eigenvalue weighted by Gasteiger charge is -2.14. The van der Waals surface area contributed by atoms with Crippen LogP contribution in [0.25, 0.3) is 0 Å². The van der Waals surface area contributed by atoms with Gasteiger partial charge < -0.3 is 10.4 Å². The molecule has 1 fully saturated rings. The molecule has 1 aromatic heterocycles. The molecule has 0 aromatic carbocycles. The number of hydrogen-bond donors (Lipinski definition) is 3. The van der Waals surface area contributed by atoms with Gasteiger partial charge in [-0.3, -0.25) is 9.89 Å². The third-order valence-electron chi connectivity index (χ3n) is 3.38. The molecular formula is C13H19N3O3S. The first-order valence-electron chi connectivity index (χ1n) is 6.62. The summed E-state index contributed by atoms with van der Waals surface area (Å²) in [7, 11) is 0. The first-order chi connectivity index (χ1) is 9.54. The van der Waals surface area contributed by atoms with Crippen LogP contribution in [0.4, 0.5) is 0 Å². The monoisotopic (exact) mass is 297 g/mol. The van der Waals surface area contributed by atoms with Crippen molar-refractivity contribution in [3.63, 3.8) is 0 Å². The Bertz CT molecular complexity index is 511. The highest BCUT2D eigenvalue weighted by Gasteiger charge is 2.33. The van der Waals surface area contributed by atoms with Crippen LogP contribution < -0.4 is 5.32 Å². The normalized spacial score (nSPS) is 15.9. The van der Waals surface area contributed by atoms with Gasteiger partial charge in [0.1, 0.15) is 6.04 Å². The fourth-order valence-corrected chi connectivity index (χ4v) is 2.58. The van der Waals surface area contributed by atoms with E-state index in [0.717, 1.165) is 18.5 Å². The number of carbonyl (C=O) groups is 2. The zero-order valence-corrected chi connectivity index (χ0v) is 12.4. The quantitative estimate of drug-likeness (QED) is 0.709. The SMILES string of the molecule is CSCCC(NC(=O)c1c(C2CC2)n[nH]c1C)C(=O)O. The summed E-state index contributed by atoms with van der Waals surface area (Å²) in [5, 5.41) is 18.8. The van der Waals surface area contributed by atoms with Crippen LogP contribution in [-0.4, -0.2) is 45.2 Å². The number of aryl methyl sites for hydroxylation is 1. The van der Waals surface area contributed by atoms with E-state index in [-0.39, 0.29) is 5.91 Å². The lowest BCUT2D eigenvalue weighted by Crippen LogP contribution is -2.41. The highest BCUT2D eigenvalue weighted by Crippen LogP contribution is 2.41. The Labute approximate surface area is 121 Å². The number of H-pyrrole nitrogens is 1. The van der Waals surface area contributed by atoms with Crippen molar-refractivity contribution in [1.82, 2.24) is 15.5 Å². The molecule has 1 saturated carbocycles. The molecule has 1 heterocycles. The number of rotatable bonds is 7. The second-order valence-electron chi connectivity index (χ2n) is 5.03. The van der Waals surface area contributed by atoms with Crippen molar-refractivity contribution in [3.8, 4) is 0 Å². The number of nitrogens with one attached hydrogen (secondary N) is 2. The summed E-state index contributed by atoms with van der Waals surface area (Å²) in [5.74, 6) is -0.305. The number of carboxylic acid groups (broad SMARTS) is 1. The van der Waals surface area contributed by atoms with Gasteiger partial charge in [0.05, 0.1) is 11.3 Å². The second-order valence-corrected chi connectivity index (χ2v) is 6.01. The van der Waals surface area contributed by atoms with Crippen molar-refractivity contribution in [1.29, 1.82) is 0 Å². The lowest BCUT2D eigenvalue weighted by molar-refractivity contribution is -0.139. The maximum absolute atomic E-state index is 12.3. The van der Waals surface area contributed by atoms with E-state index >= 15 is 0 Å². The number of hydrogen-bond acceptors (Lipinski definition) is 4. The van der Waals surface area contributed by atoms with Crippen molar-refractivity contribution < 1.29 is 14.7 Å². The highest BCUT2D eigenvalue weighted by atomic mass is 32.2. The van der Waals surface area contributed by atoms with Crippen LogP contribution in [0.5, 0.6) is 0 Å². The Morgan fingerprint density at radius 1 is 1.55 bits per heavy atom.